The Bertz CT molecular complexity index is 796. The molecule has 28 heavy (non-hydrogen) atoms. The lowest BCUT2D eigenvalue weighted by Crippen LogP contribution is -2.48. The highest BCUT2D eigenvalue weighted by Gasteiger charge is 2.41. The summed E-state index contributed by atoms with van der Waals surface area (Å²) in [5, 5.41) is 0. The fourth-order valence-corrected chi connectivity index (χ4v) is 4.90. The van der Waals surface area contributed by atoms with Gasteiger partial charge in [-0.3, -0.25) is 9.88 Å². The minimum Gasteiger partial charge on any atom is -0.486 e. The van der Waals surface area contributed by atoms with Gasteiger partial charge in [0.1, 0.15) is 11.4 Å². The number of fused-ring (bicyclic) bond motifs is 1. The standard InChI is InChI=1S/C24H33N3O/c1-19-7-6-9-22(25-19)17-27-16-21-8-4-5-10-23(21)28-24(18-27)13-11-20(12-14-24)15-26(2)3/h4-10,20H,11-18H2,1-3H3. The molecule has 4 heteroatoms. The molecule has 1 aliphatic carbocycles. The maximum absolute atomic E-state index is 6.75. The first-order chi connectivity index (χ1) is 13.5. The van der Waals surface area contributed by atoms with Gasteiger partial charge in [0.15, 0.2) is 0 Å². The van der Waals surface area contributed by atoms with Crippen LogP contribution in [0.4, 0.5) is 0 Å². The lowest BCUT2D eigenvalue weighted by Gasteiger charge is -2.42. The van der Waals surface area contributed by atoms with Crippen molar-refractivity contribution in [2.45, 2.75) is 51.3 Å². The number of nitrogens with zero attached hydrogens (tertiary/aromatic N) is 3. The number of hydrogen-bond donors (Lipinski definition) is 0. The summed E-state index contributed by atoms with van der Waals surface area (Å²) in [6.45, 7) is 6.03. The number of benzene rings is 1. The Morgan fingerprint density at radius 3 is 2.64 bits per heavy atom. The molecule has 2 aliphatic rings. The van der Waals surface area contributed by atoms with Gasteiger partial charge >= 0.3 is 0 Å². The maximum atomic E-state index is 6.75. The summed E-state index contributed by atoms with van der Waals surface area (Å²) in [5.74, 6) is 1.86. The van der Waals surface area contributed by atoms with Crippen molar-refractivity contribution in [3.8, 4) is 5.75 Å². The lowest BCUT2D eigenvalue weighted by molar-refractivity contribution is -0.0116. The van der Waals surface area contributed by atoms with Gasteiger partial charge in [0, 0.05) is 37.4 Å². The van der Waals surface area contributed by atoms with Crippen molar-refractivity contribution in [2.24, 2.45) is 5.92 Å². The van der Waals surface area contributed by atoms with E-state index in [0.29, 0.717) is 0 Å². The smallest absolute Gasteiger partial charge is 0.124 e. The fraction of sp³-hybridized carbons (Fsp3) is 0.542. The van der Waals surface area contributed by atoms with E-state index in [2.05, 4.69) is 73.3 Å². The quantitative estimate of drug-likeness (QED) is 0.793. The number of aromatic nitrogens is 1. The first kappa shape index (κ1) is 19.4. The third-order valence-electron chi connectivity index (χ3n) is 6.18. The van der Waals surface area contributed by atoms with Gasteiger partial charge < -0.3 is 9.64 Å². The number of pyridine rings is 1. The number of ether oxygens (including phenoxy) is 1. The number of para-hydroxylation sites is 1. The van der Waals surface area contributed by atoms with Crippen molar-refractivity contribution in [1.29, 1.82) is 0 Å². The molecule has 0 N–H and O–H groups in total. The van der Waals surface area contributed by atoms with Crippen molar-refractivity contribution >= 4 is 0 Å². The fourth-order valence-electron chi connectivity index (χ4n) is 4.90. The Morgan fingerprint density at radius 1 is 1.11 bits per heavy atom. The zero-order chi connectivity index (χ0) is 19.6. The van der Waals surface area contributed by atoms with Crippen LogP contribution in [0.15, 0.2) is 42.5 Å². The van der Waals surface area contributed by atoms with Crippen molar-refractivity contribution in [3.05, 3.63) is 59.4 Å². The molecule has 1 aromatic carbocycles. The minimum absolute atomic E-state index is 0.0702. The molecule has 1 spiro atoms. The molecule has 2 heterocycles. The molecular weight excluding hydrogens is 346 g/mol. The Kier molecular flexibility index (Phi) is 5.70. The molecule has 2 aromatic rings. The summed E-state index contributed by atoms with van der Waals surface area (Å²) in [4.78, 5) is 9.61. The molecule has 150 valence electrons. The highest BCUT2D eigenvalue weighted by atomic mass is 16.5. The highest BCUT2D eigenvalue weighted by molar-refractivity contribution is 5.35. The van der Waals surface area contributed by atoms with E-state index < -0.39 is 0 Å². The van der Waals surface area contributed by atoms with E-state index in [-0.39, 0.29) is 5.60 Å². The van der Waals surface area contributed by atoms with E-state index in [1.165, 1.54) is 24.9 Å². The molecule has 1 fully saturated rings. The molecule has 0 unspecified atom stereocenters. The van der Waals surface area contributed by atoms with Crippen LogP contribution in [0.5, 0.6) is 5.75 Å². The van der Waals surface area contributed by atoms with Crippen molar-refractivity contribution in [2.75, 3.05) is 27.2 Å². The minimum atomic E-state index is -0.0702. The largest absolute Gasteiger partial charge is 0.486 e. The number of rotatable bonds is 4. The van der Waals surface area contributed by atoms with E-state index in [9.17, 15) is 0 Å². The highest BCUT2D eigenvalue weighted by Crippen LogP contribution is 2.40. The van der Waals surface area contributed by atoms with E-state index in [1.54, 1.807) is 0 Å². The van der Waals surface area contributed by atoms with Crippen LogP contribution in [0, 0.1) is 12.8 Å². The average Bonchev–Trinajstić information content (AvgIpc) is 2.79. The van der Waals surface area contributed by atoms with Gasteiger partial charge in [-0.2, -0.15) is 0 Å². The topological polar surface area (TPSA) is 28.6 Å². The van der Waals surface area contributed by atoms with Crippen LogP contribution in [0.2, 0.25) is 0 Å². The van der Waals surface area contributed by atoms with Crippen LogP contribution in [0.25, 0.3) is 0 Å². The van der Waals surface area contributed by atoms with Gasteiger partial charge in [0.2, 0.25) is 0 Å². The van der Waals surface area contributed by atoms with Gasteiger partial charge in [-0.1, -0.05) is 24.3 Å². The predicted molar refractivity (Wildman–Crippen MR) is 113 cm³/mol. The number of aryl methyl sites for hydroxylation is 1. The predicted octanol–water partition coefficient (Wildman–Crippen LogP) is 4.28. The first-order valence-corrected chi connectivity index (χ1v) is 10.6. The van der Waals surface area contributed by atoms with Crippen LogP contribution in [0.1, 0.15) is 42.6 Å². The van der Waals surface area contributed by atoms with Crippen LogP contribution >= 0.6 is 0 Å². The van der Waals surface area contributed by atoms with E-state index >= 15 is 0 Å². The number of hydrogen-bond acceptors (Lipinski definition) is 4. The van der Waals surface area contributed by atoms with Gasteiger partial charge in [-0.05, 0) is 70.8 Å². The summed E-state index contributed by atoms with van der Waals surface area (Å²) in [6, 6.07) is 14.9. The zero-order valence-electron chi connectivity index (χ0n) is 17.5. The van der Waals surface area contributed by atoms with Crippen molar-refractivity contribution < 1.29 is 4.74 Å². The SMILES string of the molecule is Cc1cccc(CN2Cc3ccccc3OC3(CCC(CN(C)C)CC3)C2)n1. The van der Waals surface area contributed by atoms with Gasteiger partial charge in [0.05, 0.1) is 5.69 Å². The molecule has 0 saturated heterocycles. The lowest BCUT2D eigenvalue weighted by atomic mass is 9.78. The Hall–Kier alpha value is -1.91. The van der Waals surface area contributed by atoms with Crippen LogP contribution in [-0.2, 0) is 13.1 Å². The molecule has 4 rings (SSSR count). The van der Waals surface area contributed by atoms with E-state index in [0.717, 1.165) is 55.5 Å². The van der Waals surface area contributed by atoms with Gasteiger partial charge in [-0.25, -0.2) is 0 Å². The van der Waals surface area contributed by atoms with Crippen LogP contribution in [0.3, 0.4) is 0 Å². The summed E-state index contributed by atoms with van der Waals surface area (Å²) in [7, 11) is 4.36. The summed E-state index contributed by atoms with van der Waals surface area (Å²) in [5.41, 5.74) is 3.46. The average molecular weight is 380 g/mol. The molecule has 0 amide bonds. The van der Waals surface area contributed by atoms with Gasteiger partial charge in [-0.15, -0.1) is 0 Å². The van der Waals surface area contributed by atoms with Crippen molar-refractivity contribution in [3.63, 3.8) is 0 Å². The normalized spacial score (nSPS) is 25.4. The Balaban J connectivity index is 1.55. The second kappa shape index (κ2) is 8.22. The summed E-state index contributed by atoms with van der Waals surface area (Å²) >= 11 is 0. The van der Waals surface area contributed by atoms with E-state index in [4.69, 9.17) is 9.72 Å². The Morgan fingerprint density at radius 2 is 1.89 bits per heavy atom. The van der Waals surface area contributed by atoms with Crippen molar-refractivity contribution in [1.82, 2.24) is 14.8 Å². The summed E-state index contributed by atoms with van der Waals surface area (Å²) < 4.78 is 6.75. The zero-order valence-corrected chi connectivity index (χ0v) is 17.5. The molecule has 0 atom stereocenters. The second-order valence-electron chi connectivity index (χ2n) is 9.01. The molecule has 1 aromatic heterocycles. The monoisotopic (exact) mass is 379 g/mol. The molecule has 1 aliphatic heterocycles. The summed E-state index contributed by atoms with van der Waals surface area (Å²) in [6.07, 6.45) is 4.77. The second-order valence-corrected chi connectivity index (χ2v) is 9.01. The van der Waals surface area contributed by atoms with Crippen LogP contribution in [-0.4, -0.2) is 47.6 Å². The van der Waals surface area contributed by atoms with E-state index in [1.807, 2.05) is 0 Å². The third kappa shape index (κ3) is 4.56. The first-order valence-electron chi connectivity index (χ1n) is 10.6. The molecular formula is C24H33N3O. The Labute approximate surface area is 169 Å². The molecule has 0 radical (unpaired) electrons. The third-order valence-corrected chi connectivity index (χ3v) is 6.18. The molecule has 1 saturated carbocycles. The maximum Gasteiger partial charge on any atom is 0.124 e. The van der Waals surface area contributed by atoms with Crippen LogP contribution < -0.4 is 4.74 Å². The molecule has 4 nitrogen and oxygen atoms in total. The van der Waals surface area contributed by atoms with Gasteiger partial charge in [0.25, 0.3) is 0 Å². The molecule has 0 bridgehead atoms.